The standard InChI is InChI=1S/C13H21N3O2/c1-8(2)12-7-11(16-18-12)13(17)15-10-5-3-9(14)4-6-10/h7-10H,3-6,14H2,1-2H3,(H,15,17)/t9-,10-. The lowest BCUT2D eigenvalue weighted by Crippen LogP contribution is -2.40. The first kappa shape index (κ1) is 13.1. The van der Waals surface area contributed by atoms with E-state index in [2.05, 4.69) is 10.5 Å². The summed E-state index contributed by atoms with van der Waals surface area (Å²) in [7, 11) is 0. The van der Waals surface area contributed by atoms with Crippen molar-refractivity contribution in [1.29, 1.82) is 0 Å². The van der Waals surface area contributed by atoms with Crippen molar-refractivity contribution in [3.05, 3.63) is 17.5 Å². The zero-order valence-corrected chi connectivity index (χ0v) is 11.0. The monoisotopic (exact) mass is 251 g/mol. The molecule has 1 heterocycles. The van der Waals surface area contributed by atoms with Crippen LogP contribution in [0.3, 0.4) is 0 Å². The van der Waals surface area contributed by atoms with Gasteiger partial charge in [0.15, 0.2) is 5.69 Å². The Hall–Kier alpha value is -1.36. The zero-order valence-electron chi connectivity index (χ0n) is 11.0. The van der Waals surface area contributed by atoms with Crippen LogP contribution in [0.5, 0.6) is 0 Å². The maximum atomic E-state index is 12.0. The molecule has 5 heteroatoms. The van der Waals surface area contributed by atoms with E-state index < -0.39 is 0 Å². The third-order valence-corrected chi connectivity index (χ3v) is 3.44. The molecular weight excluding hydrogens is 230 g/mol. The molecule has 0 aliphatic heterocycles. The molecule has 5 nitrogen and oxygen atoms in total. The fourth-order valence-electron chi connectivity index (χ4n) is 2.19. The Morgan fingerprint density at radius 1 is 1.44 bits per heavy atom. The molecule has 0 aromatic carbocycles. The molecule has 100 valence electrons. The van der Waals surface area contributed by atoms with Crippen molar-refractivity contribution >= 4 is 5.91 Å². The van der Waals surface area contributed by atoms with Crippen molar-refractivity contribution in [2.75, 3.05) is 0 Å². The highest BCUT2D eigenvalue weighted by Crippen LogP contribution is 2.18. The van der Waals surface area contributed by atoms with Crippen LogP contribution in [0.2, 0.25) is 0 Å². The highest BCUT2D eigenvalue weighted by Gasteiger charge is 2.22. The predicted octanol–water partition coefficient (Wildman–Crippen LogP) is 1.80. The quantitative estimate of drug-likeness (QED) is 0.858. The van der Waals surface area contributed by atoms with E-state index in [-0.39, 0.29) is 23.9 Å². The van der Waals surface area contributed by atoms with E-state index >= 15 is 0 Å². The Bertz CT molecular complexity index is 406. The number of hydrogen-bond acceptors (Lipinski definition) is 4. The molecule has 0 bridgehead atoms. The van der Waals surface area contributed by atoms with Crippen LogP contribution in [-0.4, -0.2) is 23.1 Å². The third kappa shape index (κ3) is 3.10. The summed E-state index contributed by atoms with van der Waals surface area (Å²) in [5.74, 6) is 0.837. The Balaban J connectivity index is 1.91. The molecule has 0 spiro atoms. The molecular formula is C13H21N3O2. The van der Waals surface area contributed by atoms with Crippen LogP contribution < -0.4 is 11.1 Å². The molecule has 3 N–H and O–H groups in total. The van der Waals surface area contributed by atoms with Crippen LogP contribution in [0.4, 0.5) is 0 Å². The lowest BCUT2D eigenvalue weighted by Gasteiger charge is -2.26. The summed E-state index contributed by atoms with van der Waals surface area (Å²) in [6, 6.07) is 2.23. The minimum atomic E-state index is -0.147. The zero-order chi connectivity index (χ0) is 13.1. The molecule has 1 aromatic rings. The fourth-order valence-corrected chi connectivity index (χ4v) is 2.19. The first-order chi connectivity index (χ1) is 8.56. The van der Waals surface area contributed by atoms with Crippen LogP contribution in [-0.2, 0) is 0 Å². The van der Waals surface area contributed by atoms with E-state index in [1.807, 2.05) is 13.8 Å². The molecule has 18 heavy (non-hydrogen) atoms. The third-order valence-electron chi connectivity index (χ3n) is 3.44. The molecule has 1 amide bonds. The largest absolute Gasteiger partial charge is 0.360 e. The molecule has 1 saturated carbocycles. The molecule has 0 unspecified atom stereocenters. The Labute approximate surface area is 107 Å². The van der Waals surface area contributed by atoms with Gasteiger partial charge >= 0.3 is 0 Å². The summed E-state index contributed by atoms with van der Waals surface area (Å²) in [5, 5.41) is 6.80. The molecule has 1 aliphatic rings. The van der Waals surface area contributed by atoms with E-state index in [1.54, 1.807) is 6.07 Å². The number of aromatic nitrogens is 1. The lowest BCUT2D eigenvalue weighted by atomic mass is 9.92. The second-order valence-electron chi connectivity index (χ2n) is 5.35. The number of carbonyl (C=O) groups is 1. The summed E-state index contributed by atoms with van der Waals surface area (Å²) in [6.45, 7) is 4.01. The smallest absolute Gasteiger partial charge is 0.273 e. The number of carbonyl (C=O) groups excluding carboxylic acids is 1. The molecule has 0 atom stereocenters. The minimum absolute atomic E-state index is 0.147. The molecule has 0 radical (unpaired) electrons. The number of nitrogens with two attached hydrogens (primary N) is 1. The fraction of sp³-hybridized carbons (Fsp3) is 0.692. The SMILES string of the molecule is CC(C)c1cc(C(=O)N[C@H]2CC[C@H](N)CC2)no1. The number of hydrogen-bond donors (Lipinski definition) is 2. The van der Waals surface area contributed by atoms with Gasteiger partial charge < -0.3 is 15.6 Å². The van der Waals surface area contributed by atoms with Gasteiger partial charge in [-0.15, -0.1) is 0 Å². The van der Waals surface area contributed by atoms with Gasteiger partial charge in [0.25, 0.3) is 5.91 Å². The van der Waals surface area contributed by atoms with Gasteiger partial charge in [-0.1, -0.05) is 19.0 Å². The Kier molecular flexibility index (Phi) is 4.01. The van der Waals surface area contributed by atoms with E-state index in [4.69, 9.17) is 10.3 Å². The predicted molar refractivity (Wildman–Crippen MR) is 68.3 cm³/mol. The van der Waals surface area contributed by atoms with Crippen LogP contribution in [0, 0.1) is 0 Å². The van der Waals surface area contributed by atoms with Crippen molar-refractivity contribution in [2.45, 2.75) is 57.5 Å². The van der Waals surface area contributed by atoms with Gasteiger partial charge in [0, 0.05) is 24.1 Å². The van der Waals surface area contributed by atoms with Crippen LogP contribution in [0.1, 0.15) is 61.7 Å². The Morgan fingerprint density at radius 2 is 2.11 bits per heavy atom. The van der Waals surface area contributed by atoms with E-state index in [9.17, 15) is 4.79 Å². The van der Waals surface area contributed by atoms with Gasteiger partial charge in [-0.3, -0.25) is 4.79 Å². The van der Waals surface area contributed by atoms with Gasteiger partial charge in [0.2, 0.25) is 0 Å². The molecule has 0 saturated heterocycles. The molecule has 1 fully saturated rings. The average Bonchev–Trinajstić information content (AvgIpc) is 2.81. The maximum Gasteiger partial charge on any atom is 0.273 e. The van der Waals surface area contributed by atoms with Crippen LogP contribution in [0.15, 0.2) is 10.6 Å². The number of nitrogens with one attached hydrogen (secondary N) is 1. The number of nitrogens with zero attached hydrogens (tertiary/aromatic N) is 1. The van der Waals surface area contributed by atoms with Gasteiger partial charge in [-0.25, -0.2) is 0 Å². The topological polar surface area (TPSA) is 81.2 Å². The van der Waals surface area contributed by atoms with Gasteiger partial charge in [-0.05, 0) is 25.7 Å². The average molecular weight is 251 g/mol. The van der Waals surface area contributed by atoms with E-state index in [0.717, 1.165) is 31.4 Å². The molecule has 1 aromatic heterocycles. The Morgan fingerprint density at radius 3 is 2.67 bits per heavy atom. The van der Waals surface area contributed by atoms with Gasteiger partial charge in [-0.2, -0.15) is 0 Å². The van der Waals surface area contributed by atoms with Crippen molar-refractivity contribution in [3.8, 4) is 0 Å². The van der Waals surface area contributed by atoms with Crippen molar-refractivity contribution in [3.63, 3.8) is 0 Å². The van der Waals surface area contributed by atoms with E-state index in [0.29, 0.717) is 5.69 Å². The first-order valence-electron chi connectivity index (χ1n) is 6.59. The second-order valence-corrected chi connectivity index (χ2v) is 5.35. The van der Waals surface area contributed by atoms with Crippen molar-refractivity contribution in [1.82, 2.24) is 10.5 Å². The molecule has 2 rings (SSSR count). The van der Waals surface area contributed by atoms with Crippen molar-refractivity contribution in [2.24, 2.45) is 5.73 Å². The lowest BCUT2D eigenvalue weighted by molar-refractivity contribution is 0.0916. The van der Waals surface area contributed by atoms with Crippen LogP contribution in [0.25, 0.3) is 0 Å². The van der Waals surface area contributed by atoms with Crippen molar-refractivity contribution < 1.29 is 9.32 Å². The second kappa shape index (κ2) is 5.52. The van der Waals surface area contributed by atoms with Crippen LogP contribution >= 0.6 is 0 Å². The maximum absolute atomic E-state index is 12.0. The van der Waals surface area contributed by atoms with E-state index in [1.165, 1.54) is 0 Å². The van der Waals surface area contributed by atoms with Gasteiger partial charge in [0.1, 0.15) is 5.76 Å². The highest BCUT2D eigenvalue weighted by molar-refractivity contribution is 5.92. The highest BCUT2D eigenvalue weighted by atomic mass is 16.5. The summed E-state index contributed by atoms with van der Waals surface area (Å²) >= 11 is 0. The minimum Gasteiger partial charge on any atom is -0.360 e. The van der Waals surface area contributed by atoms with Gasteiger partial charge in [0.05, 0.1) is 0 Å². The summed E-state index contributed by atoms with van der Waals surface area (Å²) in [4.78, 5) is 12.0. The normalized spacial score (nSPS) is 24.2. The number of rotatable bonds is 3. The summed E-state index contributed by atoms with van der Waals surface area (Å²) < 4.78 is 5.12. The first-order valence-corrected chi connectivity index (χ1v) is 6.59. The number of amides is 1. The summed E-state index contributed by atoms with van der Waals surface area (Å²) in [5.41, 5.74) is 6.20. The molecule has 1 aliphatic carbocycles. The summed E-state index contributed by atoms with van der Waals surface area (Å²) in [6.07, 6.45) is 3.84.